The van der Waals surface area contributed by atoms with Crippen LogP contribution >= 0.6 is 11.6 Å². The average Bonchev–Trinajstić information content (AvgIpc) is 2.67. The highest BCUT2D eigenvalue weighted by Gasteiger charge is 2.32. The third-order valence-corrected chi connectivity index (χ3v) is 5.96. The Hall–Kier alpha value is -2.90. The van der Waals surface area contributed by atoms with Crippen molar-refractivity contribution in [2.24, 2.45) is 0 Å². The lowest BCUT2D eigenvalue weighted by Crippen LogP contribution is -2.31. The Morgan fingerprint density at radius 2 is 1.52 bits per heavy atom. The first kappa shape index (κ1) is 18.9. The predicted molar refractivity (Wildman–Crippen MR) is 104 cm³/mol. The third kappa shape index (κ3) is 4.10. The molecule has 0 heterocycles. The Morgan fingerprint density at radius 3 is 2.11 bits per heavy atom. The Labute approximate surface area is 161 Å². The molecule has 3 aromatic rings. The zero-order chi connectivity index (χ0) is 19.4. The first-order chi connectivity index (χ1) is 12.9. The molecule has 0 spiro atoms. The molecule has 0 atom stereocenters. The van der Waals surface area contributed by atoms with Gasteiger partial charge in [0, 0.05) is 11.1 Å². The van der Waals surface area contributed by atoms with Crippen LogP contribution in [0.2, 0.25) is 5.02 Å². The molecule has 0 bridgehead atoms. The largest absolute Gasteiger partial charge is 0.291 e. The van der Waals surface area contributed by atoms with Crippen molar-refractivity contribution in [3.05, 3.63) is 99.6 Å². The highest BCUT2D eigenvalue weighted by atomic mass is 35.5. The topological polar surface area (TPSA) is 80.5 Å². The molecule has 0 fully saturated rings. The van der Waals surface area contributed by atoms with E-state index in [9.17, 15) is 18.5 Å². The van der Waals surface area contributed by atoms with Crippen LogP contribution in [0.5, 0.6) is 0 Å². The number of para-hydroxylation sites is 1. The summed E-state index contributed by atoms with van der Waals surface area (Å²) in [6.45, 7) is 0.0347. The number of sulfonamides is 1. The number of hydrogen-bond acceptors (Lipinski definition) is 4. The van der Waals surface area contributed by atoms with E-state index in [1.165, 1.54) is 6.07 Å². The second-order valence-corrected chi connectivity index (χ2v) is 7.97. The second-order valence-electron chi connectivity index (χ2n) is 5.70. The van der Waals surface area contributed by atoms with Crippen molar-refractivity contribution < 1.29 is 13.3 Å². The molecule has 0 aliphatic carbocycles. The summed E-state index contributed by atoms with van der Waals surface area (Å²) in [6.07, 6.45) is 0. The third-order valence-electron chi connectivity index (χ3n) is 3.90. The molecule has 0 saturated heterocycles. The fourth-order valence-electron chi connectivity index (χ4n) is 2.63. The van der Waals surface area contributed by atoms with Crippen LogP contribution in [0.4, 0.5) is 11.4 Å². The van der Waals surface area contributed by atoms with E-state index < -0.39 is 25.5 Å². The maximum absolute atomic E-state index is 13.4. The van der Waals surface area contributed by atoms with E-state index in [0.717, 1.165) is 22.0 Å². The molecule has 3 rings (SSSR count). The van der Waals surface area contributed by atoms with E-state index >= 15 is 0 Å². The molecule has 0 N–H and O–H groups in total. The number of halogens is 1. The summed E-state index contributed by atoms with van der Waals surface area (Å²) in [5, 5.41) is 11.5. The van der Waals surface area contributed by atoms with E-state index in [2.05, 4.69) is 0 Å². The van der Waals surface area contributed by atoms with Gasteiger partial charge in [-0.15, -0.1) is 0 Å². The van der Waals surface area contributed by atoms with Gasteiger partial charge in [-0.1, -0.05) is 60.1 Å². The summed E-state index contributed by atoms with van der Waals surface area (Å²) in [5.41, 5.74) is 0.601. The maximum atomic E-state index is 13.4. The van der Waals surface area contributed by atoms with Crippen LogP contribution in [0.3, 0.4) is 0 Å². The smallest absolute Gasteiger partial charge is 0.262 e. The molecule has 0 radical (unpaired) electrons. The molecule has 0 aromatic heterocycles. The Morgan fingerprint density at radius 1 is 0.926 bits per heavy atom. The Kier molecular flexibility index (Phi) is 5.43. The number of benzene rings is 3. The molecule has 6 nitrogen and oxygen atoms in total. The van der Waals surface area contributed by atoms with Crippen molar-refractivity contribution in [2.45, 2.75) is 11.4 Å². The summed E-state index contributed by atoms with van der Waals surface area (Å²) in [7, 11) is -4.21. The minimum atomic E-state index is -4.21. The molecule has 27 heavy (non-hydrogen) atoms. The molecule has 0 saturated carbocycles. The average molecular weight is 403 g/mol. The van der Waals surface area contributed by atoms with Gasteiger partial charge < -0.3 is 0 Å². The molecule has 3 aromatic carbocycles. The summed E-state index contributed by atoms with van der Waals surface area (Å²) in [4.78, 5) is 10.3. The van der Waals surface area contributed by atoms with Crippen molar-refractivity contribution in [3.63, 3.8) is 0 Å². The Bertz CT molecular complexity index is 1060. The van der Waals surface area contributed by atoms with Gasteiger partial charge in [-0.2, -0.15) is 0 Å². The van der Waals surface area contributed by atoms with Gasteiger partial charge in [0.25, 0.3) is 15.7 Å². The van der Waals surface area contributed by atoms with E-state index in [0.29, 0.717) is 5.69 Å². The van der Waals surface area contributed by atoms with Gasteiger partial charge in [0.05, 0.1) is 17.2 Å². The van der Waals surface area contributed by atoms with E-state index in [4.69, 9.17) is 11.6 Å². The fraction of sp³-hybridized carbons (Fsp3) is 0.0526. The van der Waals surface area contributed by atoms with Gasteiger partial charge in [0.2, 0.25) is 0 Å². The SMILES string of the molecule is O=[N+]([O-])c1cc(Cl)ccc1S(=O)(=O)N(Cc1ccccc1)c1ccccc1. The molecule has 0 amide bonds. The number of hydrogen-bond donors (Lipinski definition) is 0. The van der Waals surface area contributed by atoms with Crippen LogP contribution in [-0.2, 0) is 16.6 Å². The van der Waals surface area contributed by atoms with Crippen molar-refractivity contribution in [1.29, 1.82) is 0 Å². The van der Waals surface area contributed by atoms with E-state index in [-0.39, 0.29) is 11.6 Å². The number of nitro benzene ring substituents is 1. The quantitative estimate of drug-likeness (QED) is 0.444. The van der Waals surface area contributed by atoms with Gasteiger partial charge in [0.15, 0.2) is 4.90 Å². The zero-order valence-electron chi connectivity index (χ0n) is 14.0. The number of nitro groups is 1. The number of rotatable bonds is 6. The van der Waals surface area contributed by atoms with Crippen LogP contribution in [0.1, 0.15) is 5.56 Å². The lowest BCUT2D eigenvalue weighted by Gasteiger charge is -2.24. The van der Waals surface area contributed by atoms with Gasteiger partial charge in [-0.05, 0) is 29.8 Å². The lowest BCUT2D eigenvalue weighted by molar-refractivity contribution is -0.387. The lowest BCUT2D eigenvalue weighted by atomic mass is 10.2. The van der Waals surface area contributed by atoms with E-state index in [1.54, 1.807) is 54.6 Å². The van der Waals surface area contributed by atoms with Crippen LogP contribution < -0.4 is 4.31 Å². The highest BCUT2D eigenvalue weighted by Crippen LogP contribution is 2.32. The minimum Gasteiger partial charge on any atom is -0.262 e. The molecular formula is C19H15ClN2O4S. The monoisotopic (exact) mass is 402 g/mol. The van der Waals surface area contributed by atoms with Crippen molar-refractivity contribution in [1.82, 2.24) is 0 Å². The first-order valence-electron chi connectivity index (χ1n) is 7.95. The molecule has 0 aliphatic rings. The normalized spacial score (nSPS) is 11.1. The molecule has 138 valence electrons. The molecule has 0 unspecified atom stereocenters. The van der Waals surface area contributed by atoms with Crippen molar-refractivity contribution >= 4 is 33.0 Å². The molecule has 0 aliphatic heterocycles. The summed E-state index contributed by atoms with van der Waals surface area (Å²) in [5.74, 6) is 0. The first-order valence-corrected chi connectivity index (χ1v) is 9.77. The summed E-state index contributed by atoms with van der Waals surface area (Å²) >= 11 is 5.82. The van der Waals surface area contributed by atoms with Crippen LogP contribution in [0, 0.1) is 10.1 Å². The van der Waals surface area contributed by atoms with Gasteiger partial charge in [-0.25, -0.2) is 8.42 Å². The number of anilines is 1. The number of nitrogens with zero attached hydrogens (tertiary/aromatic N) is 2. The predicted octanol–water partition coefficient (Wildman–Crippen LogP) is 4.64. The van der Waals surface area contributed by atoms with Crippen LogP contribution in [0.15, 0.2) is 83.8 Å². The maximum Gasteiger partial charge on any atom is 0.291 e. The van der Waals surface area contributed by atoms with Gasteiger partial charge in [-0.3, -0.25) is 14.4 Å². The zero-order valence-corrected chi connectivity index (χ0v) is 15.6. The second kappa shape index (κ2) is 7.77. The molecular weight excluding hydrogens is 388 g/mol. The van der Waals surface area contributed by atoms with Gasteiger partial charge >= 0.3 is 0 Å². The fourth-order valence-corrected chi connectivity index (χ4v) is 4.39. The minimum absolute atomic E-state index is 0.0347. The van der Waals surface area contributed by atoms with Crippen LogP contribution in [0.25, 0.3) is 0 Å². The van der Waals surface area contributed by atoms with Gasteiger partial charge in [0.1, 0.15) is 0 Å². The van der Waals surface area contributed by atoms with E-state index in [1.807, 2.05) is 6.07 Å². The summed E-state index contributed by atoms with van der Waals surface area (Å²) < 4.78 is 27.9. The van der Waals surface area contributed by atoms with Crippen molar-refractivity contribution in [3.8, 4) is 0 Å². The highest BCUT2D eigenvalue weighted by molar-refractivity contribution is 7.93. The van der Waals surface area contributed by atoms with Crippen molar-refractivity contribution in [2.75, 3.05) is 4.31 Å². The Balaban J connectivity index is 2.15. The standard InChI is InChI=1S/C19H15ClN2O4S/c20-16-11-12-19(18(13-16)22(23)24)27(25,26)21(17-9-5-2-6-10-17)14-15-7-3-1-4-8-15/h1-13H,14H2. The summed E-state index contributed by atoms with van der Waals surface area (Å²) in [6, 6.07) is 21.0. The van der Waals surface area contributed by atoms with Crippen LogP contribution in [-0.4, -0.2) is 13.3 Å². The molecule has 8 heteroatoms.